The van der Waals surface area contributed by atoms with Crippen LogP contribution >= 0.6 is 11.3 Å². The Balaban J connectivity index is 1.69. The minimum atomic E-state index is -0.625. The number of allylic oxidation sites excluding steroid dienone is 1. The van der Waals surface area contributed by atoms with Gasteiger partial charge >= 0.3 is 5.97 Å². The molecule has 1 aromatic heterocycles. The summed E-state index contributed by atoms with van der Waals surface area (Å²) in [5.74, 6) is -0.636. The number of fused-ring (bicyclic) bond motifs is 1. The van der Waals surface area contributed by atoms with Crippen LogP contribution in [0.5, 0.6) is 5.75 Å². The molecule has 2 aliphatic heterocycles. The number of carbonyl (C=O) groups is 2. The Morgan fingerprint density at radius 1 is 1.06 bits per heavy atom. The summed E-state index contributed by atoms with van der Waals surface area (Å²) in [6, 6.07) is 19.0. The van der Waals surface area contributed by atoms with E-state index in [1.54, 1.807) is 36.2 Å². The first-order valence-corrected chi connectivity index (χ1v) is 11.9. The highest BCUT2D eigenvalue weighted by molar-refractivity contribution is 7.11. The average Bonchev–Trinajstić information content (AvgIpc) is 3.42. The van der Waals surface area contributed by atoms with Crippen molar-refractivity contribution in [2.24, 2.45) is 9.98 Å². The molecular weight excluding hydrogens is 462 g/mol. The topological polar surface area (TPSA) is 91.6 Å². The van der Waals surface area contributed by atoms with Crippen molar-refractivity contribution in [2.75, 3.05) is 6.61 Å². The molecule has 0 spiro atoms. The summed E-state index contributed by atoms with van der Waals surface area (Å²) < 4.78 is 5.45. The van der Waals surface area contributed by atoms with Gasteiger partial charge in [-0.1, -0.05) is 48.5 Å². The Kier molecular flexibility index (Phi) is 6.12. The predicted octanol–water partition coefficient (Wildman–Crippen LogP) is 4.99. The number of Topliss-reactive ketones (excluding diaryl/α,β-unsaturated/α-hetero) is 1. The molecule has 3 aromatic rings. The Hall–Kier alpha value is -4.30. The van der Waals surface area contributed by atoms with Crippen molar-refractivity contribution in [3.63, 3.8) is 0 Å². The molecule has 1 atom stereocenters. The van der Waals surface area contributed by atoms with Crippen LogP contribution in [0.4, 0.5) is 0 Å². The summed E-state index contributed by atoms with van der Waals surface area (Å²) >= 11 is 1.46. The minimum Gasteiger partial charge on any atom is -0.507 e. The largest absolute Gasteiger partial charge is 0.507 e. The van der Waals surface area contributed by atoms with Crippen LogP contribution in [0.1, 0.15) is 33.8 Å². The number of phenolic OH excluding ortho intramolecular Hbond substituents is 1. The molecule has 2 aromatic carbocycles. The van der Waals surface area contributed by atoms with Gasteiger partial charge in [0.1, 0.15) is 11.8 Å². The van der Waals surface area contributed by atoms with E-state index in [1.165, 1.54) is 23.6 Å². The lowest BCUT2D eigenvalue weighted by Crippen LogP contribution is -2.35. The zero-order valence-electron chi connectivity index (χ0n) is 18.8. The molecule has 3 heterocycles. The van der Waals surface area contributed by atoms with Crippen molar-refractivity contribution in [2.45, 2.75) is 13.0 Å². The lowest BCUT2D eigenvalue weighted by atomic mass is 9.94. The fourth-order valence-corrected chi connectivity index (χ4v) is 4.80. The van der Waals surface area contributed by atoms with E-state index in [0.29, 0.717) is 17.2 Å². The van der Waals surface area contributed by atoms with Gasteiger partial charge in [-0.05, 0) is 36.1 Å². The lowest BCUT2D eigenvalue weighted by Gasteiger charge is -2.33. The van der Waals surface area contributed by atoms with Gasteiger partial charge in [-0.25, -0.2) is 14.8 Å². The zero-order valence-corrected chi connectivity index (χ0v) is 19.6. The van der Waals surface area contributed by atoms with Crippen LogP contribution in [0.25, 0.3) is 5.70 Å². The Bertz CT molecular complexity index is 1410. The summed E-state index contributed by atoms with van der Waals surface area (Å²) in [6.45, 7) is 1.97. The number of hydrogen-bond donors (Lipinski definition) is 1. The molecule has 0 amide bonds. The summed E-state index contributed by atoms with van der Waals surface area (Å²) in [5, 5.41) is 12.1. The molecule has 1 unspecified atom stereocenters. The molecule has 8 heteroatoms. The maximum Gasteiger partial charge on any atom is 0.338 e. The van der Waals surface area contributed by atoms with Crippen LogP contribution in [0, 0.1) is 0 Å². The molecule has 0 saturated carbocycles. The number of aromatic hydroxyl groups is 1. The number of rotatable bonds is 6. The first kappa shape index (κ1) is 22.5. The second-order valence-electron chi connectivity index (χ2n) is 7.76. The van der Waals surface area contributed by atoms with E-state index in [9.17, 15) is 14.7 Å². The van der Waals surface area contributed by atoms with E-state index in [4.69, 9.17) is 9.73 Å². The quantitative estimate of drug-likeness (QED) is 0.394. The van der Waals surface area contributed by atoms with Gasteiger partial charge in [0.2, 0.25) is 5.96 Å². The molecule has 35 heavy (non-hydrogen) atoms. The van der Waals surface area contributed by atoms with Crippen molar-refractivity contribution in [3.05, 3.63) is 105 Å². The van der Waals surface area contributed by atoms with Gasteiger partial charge in [0.05, 0.1) is 33.9 Å². The van der Waals surface area contributed by atoms with Gasteiger partial charge in [0.15, 0.2) is 5.78 Å². The third-order valence-electron chi connectivity index (χ3n) is 5.59. The number of carbonyl (C=O) groups excluding carboxylic acids is 2. The predicted molar refractivity (Wildman–Crippen MR) is 135 cm³/mol. The van der Waals surface area contributed by atoms with E-state index >= 15 is 0 Å². The lowest BCUT2D eigenvalue weighted by molar-refractivity contribution is -0.138. The van der Waals surface area contributed by atoms with Crippen molar-refractivity contribution in [1.82, 2.24) is 4.90 Å². The highest BCUT2D eigenvalue weighted by Crippen LogP contribution is 2.41. The molecule has 1 N–H and O–H groups in total. The summed E-state index contributed by atoms with van der Waals surface area (Å²) in [5.41, 5.74) is 2.17. The first-order chi connectivity index (χ1) is 17.1. The van der Waals surface area contributed by atoms with Gasteiger partial charge in [0.25, 0.3) is 0 Å². The second-order valence-corrected chi connectivity index (χ2v) is 8.71. The highest BCUT2D eigenvalue weighted by atomic mass is 32.1. The number of ether oxygens (including phenoxy) is 1. The fraction of sp³-hybridized carbons (Fsp3) is 0.111. The Labute approximate surface area is 206 Å². The fourth-order valence-electron chi connectivity index (χ4n) is 4.02. The number of nitrogens with zero attached hydrogens (tertiary/aromatic N) is 3. The number of ketones is 1. The number of para-hydroxylation sites is 1. The minimum absolute atomic E-state index is 0.115. The van der Waals surface area contributed by atoms with Gasteiger partial charge in [-0.15, -0.1) is 11.3 Å². The standard InChI is InChI=1S/C27H21N3O4S/c1-2-34-26(33)22-23(17-9-4-3-5-10-17)29-27-28-15-18(25(32)19-11-6-7-12-20(19)31)16-30(27)24(22)21-13-8-14-35-21/h3-16,23,31H,2H2,1H3. The van der Waals surface area contributed by atoms with Gasteiger partial charge in [0, 0.05) is 12.4 Å². The third-order valence-corrected chi connectivity index (χ3v) is 6.47. The van der Waals surface area contributed by atoms with Crippen LogP contribution in [0.3, 0.4) is 0 Å². The van der Waals surface area contributed by atoms with E-state index in [1.807, 2.05) is 47.8 Å². The molecule has 5 rings (SSSR count). The van der Waals surface area contributed by atoms with Gasteiger partial charge in [-0.2, -0.15) is 0 Å². The number of esters is 1. The maximum atomic E-state index is 13.3. The number of hydrogen-bond acceptors (Lipinski definition) is 8. The van der Waals surface area contributed by atoms with Crippen LogP contribution in [0.2, 0.25) is 0 Å². The summed E-state index contributed by atoms with van der Waals surface area (Å²) in [6.07, 6.45) is 3.05. The van der Waals surface area contributed by atoms with Crippen LogP contribution in [-0.2, 0) is 9.53 Å². The molecule has 7 nitrogen and oxygen atoms in total. The number of guanidine groups is 1. The smallest absolute Gasteiger partial charge is 0.338 e. The monoisotopic (exact) mass is 483 g/mol. The number of phenols is 1. The zero-order chi connectivity index (χ0) is 24.4. The maximum absolute atomic E-state index is 13.3. The molecule has 0 radical (unpaired) electrons. The SMILES string of the molecule is CCOC(=O)C1=C(c2cccs2)N2C=C(C(=O)c3ccccc3O)C=NC2=NC1c1ccccc1. The number of thiophene rings is 1. The van der Waals surface area contributed by atoms with Crippen LogP contribution in [-0.4, -0.2) is 40.5 Å². The number of aliphatic imine (C=N–C) groups is 2. The second kappa shape index (κ2) is 9.52. The summed E-state index contributed by atoms with van der Waals surface area (Å²) in [7, 11) is 0. The van der Waals surface area contributed by atoms with Crippen LogP contribution in [0.15, 0.2) is 99.4 Å². The van der Waals surface area contributed by atoms with E-state index in [0.717, 1.165) is 10.4 Å². The Morgan fingerprint density at radius 3 is 2.54 bits per heavy atom. The Morgan fingerprint density at radius 2 is 1.83 bits per heavy atom. The van der Waals surface area contributed by atoms with E-state index < -0.39 is 12.0 Å². The molecule has 2 aliphatic rings. The van der Waals surface area contributed by atoms with Crippen molar-refractivity contribution >= 4 is 41.0 Å². The summed E-state index contributed by atoms with van der Waals surface area (Å²) in [4.78, 5) is 38.3. The molecule has 174 valence electrons. The highest BCUT2D eigenvalue weighted by Gasteiger charge is 2.38. The molecule has 0 bridgehead atoms. The third kappa shape index (κ3) is 4.20. The average molecular weight is 484 g/mol. The molecule has 0 fully saturated rings. The number of benzene rings is 2. The molecular formula is C27H21N3O4S. The van der Waals surface area contributed by atoms with E-state index in [-0.39, 0.29) is 29.3 Å². The van der Waals surface area contributed by atoms with Crippen molar-refractivity contribution < 1.29 is 19.4 Å². The van der Waals surface area contributed by atoms with Crippen LogP contribution < -0.4 is 0 Å². The van der Waals surface area contributed by atoms with Crippen molar-refractivity contribution in [1.29, 1.82) is 0 Å². The molecule has 0 saturated heterocycles. The van der Waals surface area contributed by atoms with Gasteiger partial charge in [-0.3, -0.25) is 9.69 Å². The van der Waals surface area contributed by atoms with Gasteiger partial charge < -0.3 is 9.84 Å². The van der Waals surface area contributed by atoms with E-state index in [2.05, 4.69) is 4.99 Å². The van der Waals surface area contributed by atoms with Crippen molar-refractivity contribution in [3.8, 4) is 5.75 Å². The normalized spacial score (nSPS) is 16.9. The first-order valence-electron chi connectivity index (χ1n) is 11.0. The molecule has 0 aliphatic carbocycles.